The maximum atomic E-state index is 12.5. The fourth-order valence-corrected chi connectivity index (χ4v) is 3.52. The molecule has 0 aromatic heterocycles. The fraction of sp³-hybridized carbons (Fsp3) is 0.579. The molecule has 0 aliphatic carbocycles. The molecular weight excluding hydrogens is 336 g/mol. The standard InChI is InChI=1S/C19H26N2O5/c1-11-8-20(18(23)26-19(3,4)5)9-16(21(11)24)13-6-7-14-15(12(13)2)10-25-17(14)22/h6-7,11,16,24H,8-10H2,1-5H3/t11-,16-/m0/s1. The summed E-state index contributed by atoms with van der Waals surface area (Å²) in [5.41, 5.74) is 2.64. The van der Waals surface area contributed by atoms with E-state index in [-0.39, 0.29) is 24.7 Å². The molecule has 3 rings (SSSR count). The zero-order valence-corrected chi connectivity index (χ0v) is 15.9. The van der Waals surface area contributed by atoms with Gasteiger partial charge in [0.05, 0.1) is 17.6 Å². The normalized spacial score (nSPS) is 23.6. The van der Waals surface area contributed by atoms with Crippen molar-refractivity contribution >= 4 is 12.1 Å². The third kappa shape index (κ3) is 3.41. The summed E-state index contributed by atoms with van der Waals surface area (Å²) >= 11 is 0. The number of cyclic esters (lactones) is 1. The van der Waals surface area contributed by atoms with E-state index in [0.717, 1.165) is 16.7 Å². The zero-order valence-electron chi connectivity index (χ0n) is 15.9. The first-order valence-electron chi connectivity index (χ1n) is 8.83. The minimum atomic E-state index is -0.576. The van der Waals surface area contributed by atoms with E-state index in [4.69, 9.17) is 9.47 Å². The molecule has 0 unspecified atom stereocenters. The third-order valence-electron chi connectivity index (χ3n) is 4.87. The Hall–Kier alpha value is -2.12. The van der Waals surface area contributed by atoms with Crippen molar-refractivity contribution in [2.75, 3.05) is 13.1 Å². The molecule has 142 valence electrons. The summed E-state index contributed by atoms with van der Waals surface area (Å²) in [6.45, 7) is 10.2. The highest BCUT2D eigenvalue weighted by Gasteiger charge is 2.38. The van der Waals surface area contributed by atoms with Gasteiger partial charge in [0.25, 0.3) is 0 Å². The highest BCUT2D eigenvalue weighted by atomic mass is 16.6. The first-order chi connectivity index (χ1) is 12.1. The molecule has 0 bridgehead atoms. The van der Waals surface area contributed by atoms with Gasteiger partial charge >= 0.3 is 12.1 Å². The SMILES string of the molecule is Cc1c([C@@H]2CN(C(=O)OC(C)(C)C)C[C@H](C)N2O)ccc2c1COC2=O. The van der Waals surface area contributed by atoms with Gasteiger partial charge in [-0.25, -0.2) is 9.59 Å². The van der Waals surface area contributed by atoms with Gasteiger partial charge in [-0.15, -0.1) is 0 Å². The predicted molar refractivity (Wildman–Crippen MR) is 93.9 cm³/mol. The van der Waals surface area contributed by atoms with E-state index >= 15 is 0 Å². The first kappa shape index (κ1) is 18.7. The minimum Gasteiger partial charge on any atom is -0.457 e. The lowest BCUT2D eigenvalue weighted by Gasteiger charge is -2.43. The number of fused-ring (bicyclic) bond motifs is 1. The quantitative estimate of drug-likeness (QED) is 0.774. The molecule has 1 aromatic carbocycles. The molecule has 1 N–H and O–H groups in total. The van der Waals surface area contributed by atoms with E-state index < -0.39 is 11.6 Å². The Kier molecular flexibility index (Phi) is 4.71. The van der Waals surface area contributed by atoms with Crippen molar-refractivity contribution < 1.29 is 24.3 Å². The van der Waals surface area contributed by atoms with Gasteiger partial charge < -0.3 is 19.6 Å². The number of rotatable bonds is 1. The number of nitrogens with zero attached hydrogens (tertiary/aromatic N) is 2. The van der Waals surface area contributed by atoms with Crippen molar-refractivity contribution in [1.29, 1.82) is 0 Å². The Balaban J connectivity index is 1.89. The number of carbonyl (C=O) groups is 2. The van der Waals surface area contributed by atoms with Crippen LogP contribution in [0.15, 0.2) is 12.1 Å². The van der Waals surface area contributed by atoms with Crippen LogP contribution < -0.4 is 0 Å². The molecule has 0 saturated carbocycles. The Labute approximate surface area is 153 Å². The van der Waals surface area contributed by atoms with Crippen LogP contribution >= 0.6 is 0 Å². The van der Waals surface area contributed by atoms with Crippen molar-refractivity contribution in [3.63, 3.8) is 0 Å². The average molecular weight is 362 g/mol. The zero-order chi connectivity index (χ0) is 19.2. The molecule has 7 nitrogen and oxygen atoms in total. The van der Waals surface area contributed by atoms with E-state index in [9.17, 15) is 14.8 Å². The van der Waals surface area contributed by atoms with E-state index in [1.807, 2.05) is 40.7 Å². The first-order valence-corrected chi connectivity index (χ1v) is 8.83. The van der Waals surface area contributed by atoms with Crippen molar-refractivity contribution in [1.82, 2.24) is 9.96 Å². The molecule has 1 aromatic rings. The Morgan fingerprint density at radius 1 is 1.31 bits per heavy atom. The van der Waals surface area contributed by atoms with Crippen LogP contribution in [0, 0.1) is 6.92 Å². The van der Waals surface area contributed by atoms with Gasteiger partial charge in [0.2, 0.25) is 0 Å². The van der Waals surface area contributed by atoms with Gasteiger partial charge in [-0.1, -0.05) is 6.07 Å². The van der Waals surface area contributed by atoms with Gasteiger partial charge in [0.1, 0.15) is 12.2 Å². The summed E-state index contributed by atoms with van der Waals surface area (Å²) in [6.07, 6.45) is -0.389. The van der Waals surface area contributed by atoms with Gasteiger partial charge in [0.15, 0.2) is 0 Å². The monoisotopic (exact) mass is 362 g/mol. The number of benzene rings is 1. The molecule has 1 fully saturated rings. The summed E-state index contributed by atoms with van der Waals surface area (Å²) in [7, 11) is 0. The van der Waals surface area contributed by atoms with Crippen LogP contribution in [-0.4, -0.2) is 52.0 Å². The van der Waals surface area contributed by atoms with Crippen LogP contribution in [0.25, 0.3) is 0 Å². The van der Waals surface area contributed by atoms with Crippen LogP contribution in [0.4, 0.5) is 4.79 Å². The molecule has 2 heterocycles. The maximum absolute atomic E-state index is 12.5. The molecular formula is C19H26N2O5. The summed E-state index contributed by atoms with van der Waals surface area (Å²) in [5, 5.41) is 11.9. The van der Waals surface area contributed by atoms with Crippen molar-refractivity contribution in [2.24, 2.45) is 0 Å². The van der Waals surface area contributed by atoms with Crippen LogP contribution in [0.1, 0.15) is 60.8 Å². The molecule has 2 atom stereocenters. The van der Waals surface area contributed by atoms with Crippen LogP contribution in [-0.2, 0) is 16.1 Å². The summed E-state index contributed by atoms with van der Waals surface area (Å²) in [5.74, 6) is -0.317. The predicted octanol–water partition coefficient (Wildman–Crippen LogP) is 3.04. The minimum absolute atomic E-state index is 0.244. The second-order valence-electron chi connectivity index (χ2n) is 8.01. The third-order valence-corrected chi connectivity index (χ3v) is 4.87. The van der Waals surface area contributed by atoms with Crippen LogP contribution in [0.2, 0.25) is 0 Å². The van der Waals surface area contributed by atoms with Crippen molar-refractivity contribution in [2.45, 2.75) is 58.9 Å². The van der Waals surface area contributed by atoms with Crippen LogP contribution in [0.3, 0.4) is 0 Å². The van der Waals surface area contributed by atoms with E-state index in [2.05, 4.69) is 0 Å². The molecule has 7 heteroatoms. The number of piperazine rings is 1. The van der Waals surface area contributed by atoms with Crippen molar-refractivity contribution in [3.8, 4) is 0 Å². The molecule has 2 aliphatic heterocycles. The molecule has 26 heavy (non-hydrogen) atoms. The Morgan fingerprint density at radius 3 is 2.65 bits per heavy atom. The molecule has 1 amide bonds. The summed E-state index contributed by atoms with van der Waals surface area (Å²) in [4.78, 5) is 25.9. The van der Waals surface area contributed by atoms with E-state index in [1.54, 1.807) is 11.0 Å². The second-order valence-corrected chi connectivity index (χ2v) is 8.01. The second kappa shape index (κ2) is 6.55. The maximum Gasteiger partial charge on any atom is 0.410 e. The fourth-order valence-electron chi connectivity index (χ4n) is 3.52. The highest BCUT2D eigenvalue weighted by Crippen LogP contribution is 2.34. The number of amides is 1. The summed E-state index contributed by atoms with van der Waals surface area (Å²) in [6, 6.07) is 2.93. The number of carbonyl (C=O) groups excluding carboxylic acids is 2. The molecule has 1 saturated heterocycles. The Bertz CT molecular complexity index is 740. The summed E-state index contributed by atoms with van der Waals surface area (Å²) < 4.78 is 10.6. The highest BCUT2D eigenvalue weighted by molar-refractivity contribution is 5.94. The number of hydrogen-bond donors (Lipinski definition) is 1. The lowest BCUT2D eigenvalue weighted by atomic mass is 9.92. The van der Waals surface area contributed by atoms with Gasteiger partial charge in [-0.2, -0.15) is 5.06 Å². The van der Waals surface area contributed by atoms with E-state index in [1.165, 1.54) is 5.06 Å². The Morgan fingerprint density at radius 2 is 2.00 bits per heavy atom. The topological polar surface area (TPSA) is 79.3 Å². The average Bonchev–Trinajstić information content (AvgIpc) is 2.91. The van der Waals surface area contributed by atoms with E-state index in [0.29, 0.717) is 18.7 Å². The van der Waals surface area contributed by atoms with Gasteiger partial charge in [0, 0.05) is 18.7 Å². The molecule has 0 radical (unpaired) electrons. The number of hydroxylamine groups is 2. The smallest absolute Gasteiger partial charge is 0.410 e. The van der Waals surface area contributed by atoms with Gasteiger partial charge in [-0.05, 0) is 51.8 Å². The lowest BCUT2D eigenvalue weighted by Crippen LogP contribution is -2.54. The lowest BCUT2D eigenvalue weighted by molar-refractivity contribution is -0.185. The largest absolute Gasteiger partial charge is 0.457 e. The van der Waals surface area contributed by atoms with Crippen molar-refractivity contribution in [3.05, 3.63) is 34.4 Å². The molecule has 2 aliphatic rings. The molecule has 0 spiro atoms. The van der Waals surface area contributed by atoms with Crippen LogP contribution in [0.5, 0.6) is 0 Å². The number of ether oxygens (including phenoxy) is 2. The van der Waals surface area contributed by atoms with Gasteiger partial charge in [-0.3, -0.25) is 0 Å². The number of hydrogen-bond acceptors (Lipinski definition) is 6. The number of esters is 1.